The molecule has 0 saturated heterocycles. The smallest absolute Gasteiger partial charge is 0.255 e. The average molecular weight is 426 g/mol. The van der Waals surface area contributed by atoms with E-state index in [1.165, 1.54) is 6.07 Å². The van der Waals surface area contributed by atoms with Gasteiger partial charge in [-0.2, -0.15) is 0 Å². The Balaban J connectivity index is 1.89. The minimum absolute atomic E-state index is 0.153. The van der Waals surface area contributed by atoms with E-state index < -0.39 is 46.3 Å². The number of phenols is 6. The van der Waals surface area contributed by atoms with Gasteiger partial charge >= 0.3 is 0 Å². The topological polar surface area (TPSA) is 180 Å². The highest BCUT2D eigenvalue weighted by Gasteiger charge is 2.18. The second kappa shape index (κ2) is 8.03. The predicted octanol–water partition coefficient (Wildman–Crippen LogP) is 2.73. The number of nitrogens with one attached hydrogen (secondary N) is 2. The van der Waals surface area contributed by atoms with Crippen molar-refractivity contribution < 1.29 is 40.2 Å². The molecule has 0 atom stereocenters. The molecular formula is C21H18N2O8. The molecule has 0 unspecified atom stereocenters. The van der Waals surface area contributed by atoms with Gasteiger partial charge in [-0.1, -0.05) is 6.07 Å². The number of carbonyl (C=O) groups is 2. The van der Waals surface area contributed by atoms with E-state index >= 15 is 0 Å². The van der Waals surface area contributed by atoms with Crippen molar-refractivity contribution in [3.63, 3.8) is 0 Å². The van der Waals surface area contributed by atoms with E-state index in [1.807, 2.05) is 0 Å². The lowest BCUT2D eigenvalue weighted by molar-refractivity contribution is 0.101. The SMILES string of the molecule is Cc1ccc(NC(=O)c2cc(O)c(O)c(O)c2)c(NC(=O)c2cc(O)c(O)c(O)c2)c1. The molecule has 0 bridgehead atoms. The largest absolute Gasteiger partial charge is 0.504 e. The van der Waals surface area contributed by atoms with E-state index in [2.05, 4.69) is 10.6 Å². The standard InChI is InChI=1S/C21H18N2O8/c1-9-2-3-12(22-20(30)10-5-14(24)18(28)15(25)6-10)13(4-9)23-21(31)11-7-16(26)19(29)17(27)8-11/h2-8,24-29H,1H3,(H,22,30)(H,23,31). The zero-order valence-corrected chi connectivity index (χ0v) is 16.0. The van der Waals surface area contributed by atoms with Crippen molar-refractivity contribution in [1.82, 2.24) is 0 Å². The van der Waals surface area contributed by atoms with Gasteiger partial charge in [-0.15, -0.1) is 0 Å². The number of amides is 2. The summed E-state index contributed by atoms with van der Waals surface area (Å²) in [7, 11) is 0. The minimum Gasteiger partial charge on any atom is -0.504 e. The van der Waals surface area contributed by atoms with Crippen molar-refractivity contribution in [2.75, 3.05) is 10.6 Å². The number of carbonyl (C=O) groups excluding carboxylic acids is 2. The number of phenolic OH excluding ortho intramolecular Hbond substituents is 6. The Hall–Kier alpha value is -4.60. The summed E-state index contributed by atoms with van der Waals surface area (Å²) >= 11 is 0. The quantitative estimate of drug-likeness (QED) is 0.293. The van der Waals surface area contributed by atoms with Gasteiger partial charge < -0.3 is 41.3 Å². The lowest BCUT2D eigenvalue weighted by Gasteiger charge is -2.14. The summed E-state index contributed by atoms with van der Waals surface area (Å²) in [5.41, 5.74) is 0.782. The van der Waals surface area contributed by atoms with Gasteiger partial charge in [-0.3, -0.25) is 9.59 Å². The molecular weight excluding hydrogens is 408 g/mol. The van der Waals surface area contributed by atoms with E-state index in [9.17, 15) is 40.2 Å². The molecule has 3 aromatic rings. The molecule has 3 rings (SSSR count). The predicted molar refractivity (Wildman–Crippen MR) is 110 cm³/mol. The van der Waals surface area contributed by atoms with Crippen molar-refractivity contribution in [3.8, 4) is 34.5 Å². The average Bonchev–Trinajstić information content (AvgIpc) is 2.71. The molecule has 0 fully saturated rings. The molecule has 0 spiro atoms. The lowest BCUT2D eigenvalue weighted by Crippen LogP contribution is -2.17. The summed E-state index contributed by atoms with van der Waals surface area (Å²) in [6, 6.07) is 8.56. The van der Waals surface area contributed by atoms with Crippen LogP contribution >= 0.6 is 0 Å². The lowest BCUT2D eigenvalue weighted by atomic mass is 10.1. The van der Waals surface area contributed by atoms with Gasteiger partial charge in [0.1, 0.15) is 0 Å². The third-order valence-corrected chi connectivity index (χ3v) is 4.34. The van der Waals surface area contributed by atoms with E-state index in [1.54, 1.807) is 19.1 Å². The molecule has 2 amide bonds. The maximum absolute atomic E-state index is 12.6. The molecule has 8 N–H and O–H groups in total. The van der Waals surface area contributed by atoms with Crippen LogP contribution in [0, 0.1) is 6.92 Å². The van der Waals surface area contributed by atoms with Gasteiger partial charge in [-0.05, 0) is 48.9 Å². The monoisotopic (exact) mass is 426 g/mol. The maximum atomic E-state index is 12.6. The first kappa shape index (κ1) is 21.1. The second-order valence-corrected chi connectivity index (χ2v) is 6.68. The highest BCUT2D eigenvalue weighted by Crippen LogP contribution is 2.37. The summed E-state index contributed by atoms with van der Waals surface area (Å²) in [5, 5.41) is 62.3. The van der Waals surface area contributed by atoms with E-state index in [4.69, 9.17) is 0 Å². The molecule has 31 heavy (non-hydrogen) atoms. The second-order valence-electron chi connectivity index (χ2n) is 6.68. The summed E-state index contributed by atoms with van der Waals surface area (Å²) in [5.74, 6) is -5.76. The maximum Gasteiger partial charge on any atom is 0.255 e. The molecule has 0 radical (unpaired) electrons. The zero-order chi connectivity index (χ0) is 22.9. The third-order valence-electron chi connectivity index (χ3n) is 4.34. The molecule has 10 nitrogen and oxygen atoms in total. The Morgan fingerprint density at radius 3 is 1.42 bits per heavy atom. The van der Waals surface area contributed by atoms with Crippen LogP contribution in [0.5, 0.6) is 34.5 Å². The fourth-order valence-corrected chi connectivity index (χ4v) is 2.73. The highest BCUT2D eigenvalue weighted by molar-refractivity contribution is 6.10. The number of benzene rings is 3. The Morgan fingerprint density at radius 1 is 0.613 bits per heavy atom. The molecule has 10 heteroatoms. The number of hydrogen-bond donors (Lipinski definition) is 8. The van der Waals surface area contributed by atoms with Gasteiger partial charge in [0.05, 0.1) is 11.4 Å². The molecule has 3 aromatic carbocycles. The Morgan fingerprint density at radius 2 is 1.00 bits per heavy atom. The van der Waals surface area contributed by atoms with Crippen LogP contribution in [0.15, 0.2) is 42.5 Å². The summed E-state index contributed by atoms with van der Waals surface area (Å²) in [4.78, 5) is 25.1. The fourth-order valence-electron chi connectivity index (χ4n) is 2.73. The first-order valence-electron chi connectivity index (χ1n) is 8.80. The van der Waals surface area contributed by atoms with Crippen molar-refractivity contribution in [3.05, 3.63) is 59.2 Å². The number of anilines is 2. The van der Waals surface area contributed by atoms with Crippen LogP contribution in [-0.4, -0.2) is 42.5 Å². The van der Waals surface area contributed by atoms with Crippen LogP contribution in [0.4, 0.5) is 11.4 Å². The molecule has 0 aliphatic rings. The number of rotatable bonds is 4. The van der Waals surface area contributed by atoms with Gasteiger partial charge in [-0.25, -0.2) is 0 Å². The molecule has 0 aromatic heterocycles. The Bertz CT molecular complexity index is 1160. The Kier molecular flexibility index (Phi) is 5.47. The Labute approximate surface area is 175 Å². The van der Waals surface area contributed by atoms with Gasteiger partial charge in [0.2, 0.25) is 0 Å². The first-order valence-corrected chi connectivity index (χ1v) is 8.80. The molecule has 0 heterocycles. The molecule has 0 aliphatic carbocycles. The number of aryl methyl sites for hydroxylation is 1. The fraction of sp³-hybridized carbons (Fsp3) is 0.0476. The molecule has 0 aliphatic heterocycles. The van der Waals surface area contributed by atoms with Gasteiger partial charge in [0.15, 0.2) is 34.5 Å². The highest BCUT2D eigenvalue weighted by atomic mass is 16.3. The minimum atomic E-state index is -0.764. The normalized spacial score (nSPS) is 10.5. The van der Waals surface area contributed by atoms with Crippen LogP contribution in [0.1, 0.15) is 26.3 Å². The van der Waals surface area contributed by atoms with Crippen LogP contribution in [-0.2, 0) is 0 Å². The summed E-state index contributed by atoms with van der Waals surface area (Å²) < 4.78 is 0. The van der Waals surface area contributed by atoms with Gasteiger partial charge in [0.25, 0.3) is 11.8 Å². The third kappa shape index (κ3) is 4.37. The van der Waals surface area contributed by atoms with Crippen LogP contribution in [0.3, 0.4) is 0 Å². The summed E-state index contributed by atoms with van der Waals surface area (Å²) in [6.45, 7) is 1.75. The van der Waals surface area contributed by atoms with Crippen molar-refractivity contribution in [1.29, 1.82) is 0 Å². The van der Waals surface area contributed by atoms with E-state index in [0.29, 0.717) is 0 Å². The number of hydrogen-bond acceptors (Lipinski definition) is 8. The summed E-state index contributed by atoms with van der Waals surface area (Å²) in [6.07, 6.45) is 0. The van der Waals surface area contributed by atoms with Crippen LogP contribution in [0.25, 0.3) is 0 Å². The first-order chi connectivity index (χ1) is 14.6. The number of aromatic hydroxyl groups is 6. The van der Waals surface area contributed by atoms with E-state index in [0.717, 1.165) is 29.8 Å². The van der Waals surface area contributed by atoms with Crippen LogP contribution < -0.4 is 10.6 Å². The van der Waals surface area contributed by atoms with Gasteiger partial charge in [0, 0.05) is 11.1 Å². The van der Waals surface area contributed by atoms with E-state index in [-0.39, 0.29) is 22.5 Å². The molecule has 0 saturated carbocycles. The zero-order valence-electron chi connectivity index (χ0n) is 16.0. The molecule has 160 valence electrons. The van der Waals surface area contributed by atoms with Crippen molar-refractivity contribution in [2.45, 2.75) is 6.92 Å². The van der Waals surface area contributed by atoms with Crippen molar-refractivity contribution in [2.24, 2.45) is 0 Å². The van der Waals surface area contributed by atoms with Crippen molar-refractivity contribution >= 4 is 23.2 Å². The van der Waals surface area contributed by atoms with Crippen LogP contribution in [0.2, 0.25) is 0 Å².